The first-order valence-electron chi connectivity index (χ1n) is 9.86. The number of hydrogen-bond acceptors (Lipinski definition) is 6. The molecule has 0 unspecified atom stereocenters. The third-order valence-electron chi connectivity index (χ3n) is 5.48. The van der Waals surface area contributed by atoms with Crippen molar-refractivity contribution >= 4 is 23.6 Å². The predicted octanol–water partition coefficient (Wildman–Crippen LogP) is 3.71. The molecule has 8 nitrogen and oxygen atoms in total. The van der Waals surface area contributed by atoms with Gasteiger partial charge in [-0.25, -0.2) is 4.68 Å². The van der Waals surface area contributed by atoms with E-state index in [9.17, 15) is 10.1 Å². The van der Waals surface area contributed by atoms with Crippen molar-refractivity contribution in [2.75, 3.05) is 31.1 Å². The summed E-state index contributed by atoms with van der Waals surface area (Å²) in [5.41, 5.74) is 4.57. The molecule has 4 rings (SSSR count). The van der Waals surface area contributed by atoms with Gasteiger partial charge in [-0.2, -0.15) is 5.10 Å². The molecule has 2 aromatic carbocycles. The number of rotatable bonds is 5. The lowest BCUT2D eigenvalue weighted by Crippen LogP contribution is -2.47. The van der Waals surface area contributed by atoms with E-state index < -0.39 is 0 Å². The molecule has 1 fully saturated rings. The fraction of sp³-hybridized carbons (Fsp3) is 0.333. The molecule has 0 radical (unpaired) electrons. The monoisotopic (exact) mass is 424 g/mol. The summed E-state index contributed by atoms with van der Waals surface area (Å²) in [7, 11) is 0. The second-order valence-electron chi connectivity index (χ2n) is 7.59. The maximum Gasteiger partial charge on any atom is 0.269 e. The van der Waals surface area contributed by atoms with Gasteiger partial charge in [-0.15, -0.1) is 0 Å². The van der Waals surface area contributed by atoms with Gasteiger partial charge in [0.1, 0.15) is 6.33 Å². The van der Waals surface area contributed by atoms with Gasteiger partial charge in [0.05, 0.1) is 17.3 Å². The quantitative estimate of drug-likeness (QED) is 0.353. The third-order valence-corrected chi connectivity index (χ3v) is 5.88. The molecule has 0 amide bonds. The Bertz CT molecular complexity index is 1110. The standard InChI is InChI=1S/C21H24N6O2S/c1-16-3-8-20(17(2)13-16)25-14-22-26(21(25)30)15-23-9-11-24(12-10-23)18-4-6-19(7-5-18)27(28)29/h3-8,13-14H,9-12,15H2,1-2H3. The first kappa shape index (κ1) is 20.2. The van der Waals surface area contributed by atoms with Crippen LogP contribution in [0.5, 0.6) is 0 Å². The molecule has 0 bridgehead atoms. The van der Waals surface area contributed by atoms with Crippen LogP contribution >= 0.6 is 12.2 Å². The highest BCUT2D eigenvalue weighted by Crippen LogP contribution is 2.21. The van der Waals surface area contributed by atoms with Crippen molar-refractivity contribution in [2.24, 2.45) is 0 Å². The van der Waals surface area contributed by atoms with E-state index in [0.29, 0.717) is 11.4 Å². The Morgan fingerprint density at radius 3 is 2.40 bits per heavy atom. The average molecular weight is 425 g/mol. The highest BCUT2D eigenvalue weighted by Gasteiger charge is 2.19. The normalized spacial score (nSPS) is 14.8. The van der Waals surface area contributed by atoms with Gasteiger partial charge in [-0.1, -0.05) is 17.7 Å². The third kappa shape index (κ3) is 4.12. The molecule has 1 aromatic heterocycles. The number of nitrogens with zero attached hydrogens (tertiary/aromatic N) is 6. The average Bonchev–Trinajstić information content (AvgIpc) is 3.09. The van der Waals surface area contributed by atoms with Crippen LogP contribution in [0.1, 0.15) is 11.1 Å². The zero-order valence-electron chi connectivity index (χ0n) is 17.1. The molecule has 2 heterocycles. The van der Waals surface area contributed by atoms with Crippen LogP contribution in [-0.2, 0) is 6.67 Å². The summed E-state index contributed by atoms with van der Waals surface area (Å²) in [5, 5.41) is 15.3. The molecule has 156 valence electrons. The first-order chi connectivity index (χ1) is 14.4. The minimum atomic E-state index is -0.372. The van der Waals surface area contributed by atoms with Crippen LogP contribution in [0.15, 0.2) is 48.8 Å². The summed E-state index contributed by atoms with van der Waals surface area (Å²) in [4.78, 5) is 15.0. The van der Waals surface area contributed by atoms with E-state index in [2.05, 4.69) is 46.9 Å². The Hall–Kier alpha value is -3.04. The van der Waals surface area contributed by atoms with Crippen molar-refractivity contribution in [2.45, 2.75) is 20.5 Å². The van der Waals surface area contributed by atoms with E-state index in [1.54, 1.807) is 18.5 Å². The van der Waals surface area contributed by atoms with Gasteiger partial charge in [0.25, 0.3) is 5.69 Å². The number of anilines is 1. The highest BCUT2D eigenvalue weighted by molar-refractivity contribution is 7.71. The summed E-state index contributed by atoms with van der Waals surface area (Å²) in [6, 6.07) is 13.0. The zero-order valence-corrected chi connectivity index (χ0v) is 17.9. The van der Waals surface area contributed by atoms with Crippen molar-refractivity contribution in [1.29, 1.82) is 0 Å². The number of piperazine rings is 1. The van der Waals surface area contributed by atoms with Crippen LogP contribution in [0.25, 0.3) is 5.69 Å². The van der Waals surface area contributed by atoms with Crippen molar-refractivity contribution in [3.05, 3.63) is 74.8 Å². The van der Waals surface area contributed by atoms with Crippen molar-refractivity contribution in [1.82, 2.24) is 19.2 Å². The first-order valence-corrected chi connectivity index (χ1v) is 10.3. The molecule has 0 atom stereocenters. The van der Waals surface area contributed by atoms with Crippen LogP contribution in [0.2, 0.25) is 0 Å². The fourth-order valence-corrected chi connectivity index (χ4v) is 4.05. The molecule has 3 aromatic rings. The Kier molecular flexibility index (Phi) is 5.65. The minimum absolute atomic E-state index is 0.117. The molecule has 1 saturated heterocycles. The molecule has 0 saturated carbocycles. The molecule has 0 spiro atoms. The number of non-ortho nitro benzene ring substituents is 1. The molecule has 9 heteroatoms. The van der Waals surface area contributed by atoms with Crippen LogP contribution in [0.4, 0.5) is 11.4 Å². The van der Waals surface area contributed by atoms with E-state index in [4.69, 9.17) is 12.2 Å². The summed E-state index contributed by atoms with van der Waals surface area (Å²) in [6.45, 7) is 8.25. The van der Waals surface area contributed by atoms with Crippen molar-refractivity contribution in [3.63, 3.8) is 0 Å². The molecule has 0 aliphatic carbocycles. The van der Waals surface area contributed by atoms with E-state index >= 15 is 0 Å². The van der Waals surface area contributed by atoms with Crippen molar-refractivity contribution < 1.29 is 4.92 Å². The molecule has 1 aliphatic heterocycles. The van der Waals surface area contributed by atoms with Gasteiger partial charge >= 0.3 is 0 Å². The van der Waals surface area contributed by atoms with Gasteiger partial charge in [0.2, 0.25) is 4.77 Å². The predicted molar refractivity (Wildman–Crippen MR) is 119 cm³/mol. The summed E-state index contributed by atoms with van der Waals surface area (Å²) in [5.74, 6) is 0. The Morgan fingerprint density at radius 2 is 1.77 bits per heavy atom. The SMILES string of the molecule is Cc1ccc(-n2cnn(CN3CCN(c4ccc([N+](=O)[O-])cc4)CC3)c2=S)c(C)c1. The maximum atomic E-state index is 10.8. The zero-order chi connectivity index (χ0) is 21.3. The smallest absolute Gasteiger partial charge is 0.269 e. The number of nitro benzene ring substituents is 1. The van der Waals surface area contributed by atoms with Gasteiger partial charge in [0.15, 0.2) is 0 Å². The van der Waals surface area contributed by atoms with Crippen LogP contribution in [-0.4, -0.2) is 50.3 Å². The fourth-order valence-electron chi connectivity index (χ4n) is 3.80. The van der Waals surface area contributed by atoms with Gasteiger partial charge in [-0.3, -0.25) is 19.6 Å². The van der Waals surface area contributed by atoms with Crippen LogP contribution in [0.3, 0.4) is 0 Å². The van der Waals surface area contributed by atoms with Crippen molar-refractivity contribution in [3.8, 4) is 5.69 Å². The summed E-state index contributed by atoms with van der Waals surface area (Å²) < 4.78 is 4.49. The van der Waals surface area contributed by atoms with Gasteiger partial charge in [-0.05, 0) is 49.8 Å². The van der Waals surface area contributed by atoms with E-state index in [0.717, 1.165) is 37.6 Å². The second-order valence-corrected chi connectivity index (χ2v) is 7.96. The highest BCUT2D eigenvalue weighted by atomic mass is 32.1. The lowest BCUT2D eigenvalue weighted by atomic mass is 10.1. The molecular weight excluding hydrogens is 400 g/mol. The lowest BCUT2D eigenvalue weighted by Gasteiger charge is -2.35. The van der Waals surface area contributed by atoms with E-state index in [1.165, 1.54) is 11.1 Å². The maximum absolute atomic E-state index is 10.8. The molecule has 0 N–H and O–H groups in total. The molecular formula is C21H24N6O2S. The largest absolute Gasteiger partial charge is 0.369 e. The number of hydrogen-bond donors (Lipinski definition) is 0. The van der Waals surface area contributed by atoms with Gasteiger partial charge in [0, 0.05) is 44.0 Å². The second kappa shape index (κ2) is 8.37. The van der Waals surface area contributed by atoms with Crippen LogP contribution < -0.4 is 4.90 Å². The summed E-state index contributed by atoms with van der Waals surface area (Å²) >= 11 is 5.67. The number of benzene rings is 2. The number of aromatic nitrogens is 3. The Balaban J connectivity index is 1.40. The van der Waals surface area contributed by atoms with E-state index in [-0.39, 0.29) is 10.6 Å². The Morgan fingerprint density at radius 1 is 1.07 bits per heavy atom. The number of aryl methyl sites for hydroxylation is 2. The molecule has 30 heavy (non-hydrogen) atoms. The lowest BCUT2D eigenvalue weighted by molar-refractivity contribution is -0.384. The minimum Gasteiger partial charge on any atom is -0.369 e. The van der Waals surface area contributed by atoms with Gasteiger partial charge < -0.3 is 4.90 Å². The topological polar surface area (TPSA) is 72.4 Å². The van der Waals surface area contributed by atoms with Crippen LogP contribution in [0, 0.1) is 28.7 Å². The molecule has 1 aliphatic rings. The van der Waals surface area contributed by atoms with E-state index in [1.807, 2.05) is 21.4 Å². The Labute approximate surface area is 180 Å². The number of nitro groups is 1. The summed E-state index contributed by atoms with van der Waals surface area (Å²) in [6.07, 6.45) is 1.78.